The Morgan fingerprint density at radius 2 is 1.88 bits per heavy atom. The van der Waals surface area contributed by atoms with Gasteiger partial charge in [0.25, 0.3) is 0 Å². The number of fused-ring (bicyclic) bond motifs is 5. The first-order valence-electron chi connectivity index (χ1n) is 10.7. The minimum Gasteiger partial charge on any atom is -0.463 e. The molecule has 0 amide bonds. The van der Waals surface area contributed by atoms with Crippen LogP contribution in [0.2, 0.25) is 0 Å². The molecule has 2 heteroatoms. The first-order valence-corrected chi connectivity index (χ1v) is 10.7. The Kier molecular flexibility index (Phi) is 4.32. The van der Waals surface area contributed by atoms with Crippen molar-refractivity contribution >= 4 is 5.97 Å². The van der Waals surface area contributed by atoms with Gasteiger partial charge >= 0.3 is 5.97 Å². The average Bonchev–Trinajstić information content (AvgIpc) is 2.91. The first kappa shape index (κ1) is 17.6. The SMILES string of the molecule is C/[13CH]=C1/CC[C@H]2[C@@H]3CC[C@@H]4C[C@H](OC(C)=O)CC[C@]4(C)[C@H]3CC[C@]12C. The van der Waals surface area contributed by atoms with Crippen LogP contribution < -0.4 is 0 Å². The molecule has 4 aliphatic rings. The van der Waals surface area contributed by atoms with E-state index in [9.17, 15) is 4.79 Å². The minimum absolute atomic E-state index is 0.0967. The lowest BCUT2D eigenvalue weighted by molar-refractivity contribution is -0.158. The summed E-state index contributed by atoms with van der Waals surface area (Å²) in [5.41, 5.74) is 2.73. The number of esters is 1. The summed E-state index contributed by atoms with van der Waals surface area (Å²) in [5, 5.41) is 0. The summed E-state index contributed by atoms with van der Waals surface area (Å²) in [6, 6.07) is 0. The molecular formula is C23H36O2. The molecule has 0 aromatic heterocycles. The predicted octanol–water partition coefficient (Wildman–Crippen LogP) is 5.91. The third-order valence-corrected chi connectivity index (χ3v) is 9.15. The zero-order valence-corrected chi connectivity index (χ0v) is 16.6. The zero-order valence-electron chi connectivity index (χ0n) is 16.6. The number of carbonyl (C=O) groups excluding carboxylic acids is 1. The van der Waals surface area contributed by atoms with Crippen LogP contribution in [0.3, 0.4) is 0 Å². The summed E-state index contributed by atoms with van der Waals surface area (Å²) in [7, 11) is 0. The minimum atomic E-state index is -0.0967. The third-order valence-electron chi connectivity index (χ3n) is 9.15. The van der Waals surface area contributed by atoms with Crippen molar-refractivity contribution in [3.05, 3.63) is 11.6 Å². The molecule has 4 aliphatic carbocycles. The molecule has 0 N–H and O–H groups in total. The second-order valence-corrected chi connectivity index (χ2v) is 9.97. The van der Waals surface area contributed by atoms with Gasteiger partial charge in [0.15, 0.2) is 0 Å². The molecule has 0 aromatic rings. The maximum atomic E-state index is 11.4. The molecule has 0 bridgehead atoms. The number of ether oxygens (including phenoxy) is 1. The van der Waals surface area contributed by atoms with Gasteiger partial charge < -0.3 is 4.74 Å². The monoisotopic (exact) mass is 345 g/mol. The van der Waals surface area contributed by atoms with E-state index in [4.69, 9.17) is 4.74 Å². The van der Waals surface area contributed by atoms with Crippen molar-refractivity contribution in [2.24, 2.45) is 34.5 Å². The summed E-state index contributed by atoms with van der Waals surface area (Å²) < 4.78 is 5.59. The van der Waals surface area contributed by atoms with Crippen molar-refractivity contribution in [1.29, 1.82) is 0 Å². The lowest BCUT2D eigenvalue weighted by Crippen LogP contribution is -2.53. The summed E-state index contributed by atoms with van der Waals surface area (Å²) >= 11 is 0. The molecule has 0 heterocycles. The highest BCUT2D eigenvalue weighted by molar-refractivity contribution is 5.66. The van der Waals surface area contributed by atoms with Gasteiger partial charge in [0.05, 0.1) is 0 Å². The molecule has 0 saturated heterocycles. The van der Waals surface area contributed by atoms with Crippen LogP contribution in [0.1, 0.15) is 85.5 Å². The van der Waals surface area contributed by atoms with Gasteiger partial charge in [0.1, 0.15) is 6.10 Å². The molecule has 0 radical (unpaired) electrons. The summed E-state index contributed by atoms with van der Waals surface area (Å²) in [6.45, 7) is 8.98. The Morgan fingerprint density at radius 1 is 1.08 bits per heavy atom. The van der Waals surface area contributed by atoms with Crippen LogP contribution in [-0.2, 0) is 9.53 Å². The third kappa shape index (κ3) is 2.61. The Bertz CT molecular complexity index is 579. The molecule has 7 atom stereocenters. The maximum absolute atomic E-state index is 11.4. The van der Waals surface area contributed by atoms with Crippen molar-refractivity contribution in [3.8, 4) is 0 Å². The fourth-order valence-corrected chi connectivity index (χ4v) is 7.88. The highest BCUT2D eigenvalue weighted by atomic mass is 16.5. The molecule has 0 spiro atoms. The van der Waals surface area contributed by atoms with E-state index in [1.54, 1.807) is 12.5 Å². The standard InChI is InChI=1S/C23H36O2/c1-5-16-7-9-20-19-8-6-17-14-18(25-15(2)24)10-12-23(17,4)21(19)11-13-22(16,20)3/h5,17-21H,6-14H2,1-4H3/b16-5-/t17-,18-,19+,20+,21+,22-,23+/m1/s1/i5+1. The summed E-state index contributed by atoms with van der Waals surface area (Å²) in [4.78, 5) is 11.4. The van der Waals surface area contributed by atoms with Crippen LogP contribution >= 0.6 is 0 Å². The van der Waals surface area contributed by atoms with E-state index in [1.807, 2.05) is 0 Å². The molecule has 0 aliphatic heterocycles. The molecule has 2 nitrogen and oxygen atoms in total. The van der Waals surface area contributed by atoms with Crippen LogP contribution in [-0.4, -0.2) is 12.1 Å². The van der Waals surface area contributed by atoms with Gasteiger partial charge in [0, 0.05) is 6.92 Å². The van der Waals surface area contributed by atoms with Gasteiger partial charge in [-0.25, -0.2) is 0 Å². The second kappa shape index (κ2) is 6.13. The molecule has 4 saturated carbocycles. The summed E-state index contributed by atoms with van der Waals surface area (Å²) in [6.07, 6.45) is 14.4. The number of carbonyl (C=O) groups is 1. The Morgan fingerprint density at radius 3 is 2.60 bits per heavy atom. The van der Waals surface area contributed by atoms with E-state index in [2.05, 4.69) is 26.8 Å². The summed E-state index contributed by atoms with van der Waals surface area (Å²) in [5.74, 6) is 3.42. The van der Waals surface area contributed by atoms with Gasteiger partial charge in [0.2, 0.25) is 0 Å². The van der Waals surface area contributed by atoms with E-state index < -0.39 is 0 Å². The Hall–Kier alpha value is -0.790. The van der Waals surface area contributed by atoms with Crippen molar-refractivity contribution in [1.82, 2.24) is 0 Å². The molecule has 140 valence electrons. The van der Waals surface area contributed by atoms with Crippen LogP contribution in [0.15, 0.2) is 11.6 Å². The predicted molar refractivity (Wildman–Crippen MR) is 101 cm³/mol. The van der Waals surface area contributed by atoms with Crippen molar-refractivity contribution in [2.45, 2.75) is 91.6 Å². The van der Waals surface area contributed by atoms with Crippen LogP contribution in [0.4, 0.5) is 0 Å². The van der Waals surface area contributed by atoms with E-state index in [0.29, 0.717) is 10.8 Å². The second-order valence-electron chi connectivity index (χ2n) is 9.97. The molecule has 0 unspecified atom stereocenters. The topological polar surface area (TPSA) is 26.3 Å². The smallest absolute Gasteiger partial charge is 0.302 e. The molecule has 4 rings (SSSR count). The van der Waals surface area contributed by atoms with Crippen LogP contribution in [0.25, 0.3) is 0 Å². The Balaban J connectivity index is 1.55. The Labute approximate surface area is 153 Å². The highest BCUT2D eigenvalue weighted by Crippen LogP contribution is 2.67. The first-order chi connectivity index (χ1) is 11.9. The van der Waals surface area contributed by atoms with E-state index >= 15 is 0 Å². The number of rotatable bonds is 1. The quantitative estimate of drug-likeness (QED) is 0.335. The lowest BCUT2D eigenvalue weighted by atomic mass is 9.45. The lowest BCUT2D eigenvalue weighted by Gasteiger charge is -2.60. The molecule has 4 fully saturated rings. The van der Waals surface area contributed by atoms with E-state index in [-0.39, 0.29) is 12.1 Å². The highest BCUT2D eigenvalue weighted by Gasteiger charge is 2.59. The van der Waals surface area contributed by atoms with Crippen molar-refractivity contribution in [2.75, 3.05) is 0 Å². The van der Waals surface area contributed by atoms with Gasteiger partial charge in [-0.2, -0.15) is 0 Å². The van der Waals surface area contributed by atoms with Gasteiger partial charge in [-0.05, 0) is 99.2 Å². The fraction of sp³-hybridized carbons (Fsp3) is 0.870. The zero-order chi connectivity index (χ0) is 17.8. The van der Waals surface area contributed by atoms with Crippen LogP contribution in [0.5, 0.6) is 0 Å². The van der Waals surface area contributed by atoms with Crippen LogP contribution in [0, 0.1) is 34.5 Å². The van der Waals surface area contributed by atoms with Gasteiger partial charge in [-0.1, -0.05) is 25.5 Å². The van der Waals surface area contributed by atoms with E-state index in [1.165, 1.54) is 44.9 Å². The van der Waals surface area contributed by atoms with Crippen molar-refractivity contribution < 1.29 is 9.53 Å². The molecule has 25 heavy (non-hydrogen) atoms. The number of allylic oxidation sites excluding steroid dienone is 2. The number of hydrogen-bond acceptors (Lipinski definition) is 2. The normalized spacial score (nSPS) is 50.7. The largest absolute Gasteiger partial charge is 0.463 e. The van der Waals surface area contributed by atoms with Crippen molar-refractivity contribution in [3.63, 3.8) is 0 Å². The van der Waals surface area contributed by atoms with E-state index in [0.717, 1.165) is 36.5 Å². The molecule has 0 aromatic carbocycles. The number of hydrogen-bond donors (Lipinski definition) is 0. The fourth-order valence-electron chi connectivity index (χ4n) is 7.88. The van der Waals surface area contributed by atoms with Gasteiger partial charge in [-0.3, -0.25) is 4.79 Å². The average molecular weight is 346 g/mol. The van der Waals surface area contributed by atoms with Gasteiger partial charge in [-0.15, -0.1) is 0 Å². The maximum Gasteiger partial charge on any atom is 0.302 e. The molecular weight excluding hydrogens is 309 g/mol.